The second-order valence-corrected chi connectivity index (χ2v) is 4.80. The zero-order valence-corrected chi connectivity index (χ0v) is 9.97. The van der Waals surface area contributed by atoms with Gasteiger partial charge in [-0.25, -0.2) is 4.98 Å². The highest BCUT2D eigenvalue weighted by Crippen LogP contribution is 2.07. The van der Waals surface area contributed by atoms with E-state index in [0.717, 1.165) is 0 Å². The summed E-state index contributed by atoms with van der Waals surface area (Å²) in [5.74, 6) is 2.01. The Hall–Kier alpha value is -1.17. The van der Waals surface area contributed by atoms with Crippen molar-refractivity contribution in [3.63, 3.8) is 0 Å². The van der Waals surface area contributed by atoms with Crippen LogP contribution in [0.15, 0.2) is 12.4 Å². The maximum absolute atomic E-state index is 11.0. The van der Waals surface area contributed by atoms with Gasteiger partial charge in [-0.2, -0.15) is 0 Å². The van der Waals surface area contributed by atoms with E-state index < -0.39 is 10.8 Å². The van der Waals surface area contributed by atoms with E-state index in [1.54, 1.807) is 25.7 Å². The molecule has 15 heavy (non-hydrogen) atoms. The fourth-order valence-corrected chi connectivity index (χ4v) is 1.99. The molecule has 0 saturated heterocycles. The fourth-order valence-electron chi connectivity index (χ4n) is 1.20. The van der Waals surface area contributed by atoms with Gasteiger partial charge >= 0.3 is 0 Å². The molecular formula is C9H16N4OS. The van der Waals surface area contributed by atoms with Gasteiger partial charge in [-0.1, -0.05) is 0 Å². The van der Waals surface area contributed by atoms with Gasteiger partial charge in [0.15, 0.2) is 0 Å². The van der Waals surface area contributed by atoms with Gasteiger partial charge in [-0.3, -0.25) is 9.19 Å². The molecule has 2 unspecified atom stereocenters. The van der Waals surface area contributed by atoms with Crippen LogP contribution in [-0.4, -0.2) is 39.3 Å². The quantitative estimate of drug-likeness (QED) is 0.776. The van der Waals surface area contributed by atoms with E-state index in [1.165, 1.54) is 0 Å². The number of nitrogens with one attached hydrogen (secondary N) is 2. The molecule has 6 heteroatoms. The van der Waals surface area contributed by atoms with Crippen LogP contribution in [0.5, 0.6) is 0 Å². The van der Waals surface area contributed by atoms with Crippen LogP contribution in [0.25, 0.3) is 0 Å². The number of rotatable bonds is 5. The Kier molecular flexibility index (Phi) is 4.48. The van der Waals surface area contributed by atoms with Crippen molar-refractivity contribution in [1.82, 2.24) is 9.97 Å². The molecule has 2 atom stereocenters. The largest absolute Gasteiger partial charge is 0.372 e. The first-order chi connectivity index (χ1) is 7.11. The number of hydrogen-bond acceptors (Lipinski definition) is 5. The zero-order chi connectivity index (χ0) is 11.3. The van der Waals surface area contributed by atoms with Gasteiger partial charge in [-0.05, 0) is 6.92 Å². The predicted molar refractivity (Wildman–Crippen MR) is 63.6 cm³/mol. The molecule has 1 aromatic rings. The summed E-state index contributed by atoms with van der Waals surface area (Å²) in [5, 5.41) is 6.05. The Bertz CT molecular complexity index is 345. The minimum absolute atomic E-state index is 0.122. The third-order valence-corrected chi connectivity index (χ3v) is 2.74. The van der Waals surface area contributed by atoms with E-state index in [4.69, 9.17) is 0 Å². The lowest BCUT2D eigenvalue weighted by atomic mass is 10.4. The van der Waals surface area contributed by atoms with E-state index in [2.05, 4.69) is 20.6 Å². The third kappa shape index (κ3) is 4.24. The smallest absolute Gasteiger partial charge is 0.147 e. The average Bonchev–Trinajstić information content (AvgIpc) is 2.16. The van der Waals surface area contributed by atoms with Crippen molar-refractivity contribution in [3.8, 4) is 0 Å². The summed E-state index contributed by atoms with van der Waals surface area (Å²) in [7, 11) is 0.987. The van der Waals surface area contributed by atoms with Crippen molar-refractivity contribution >= 4 is 22.4 Å². The van der Waals surface area contributed by atoms with Gasteiger partial charge < -0.3 is 10.6 Å². The molecule has 2 N–H and O–H groups in total. The summed E-state index contributed by atoms with van der Waals surface area (Å²) in [5.41, 5.74) is 0. The first kappa shape index (κ1) is 11.9. The Balaban J connectivity index is 2.59. The van der Waals surface area contributed by atoms with E-state index in [-0.39, 0.29) is 6.04 Å². The Morgan fingerprint density at radius 2 is 2.13 bits per heavy atom. The second-order valence-electron chi connectivity index (χ2n) is 3.32. The van der Waals surface area contributed by atoms with Gasteiger partial charge in [0.1, 0.15) is 11.6 Å². The molecule has 1 rings (SSSR count). The molecule has 5 nitrogen and oxygen atoms in total. The number of aromatic nitrogens is 2. The lowest BCUT2D eigenvalue weighted by Crippen LogP contribution is -2.23. The van der Waals surface area contributed by atoms with Crippen LogP contribution in [0, 0.1) is 0 Å². The first-order valence-corrected chi connectivity index (χ1v) is 6.41. The predicted octanol–water partition coefficient (Wildman–Crippen LogP) is 0.697. The topological polar surface area (TPSA) is 66.9 Å². The molecule has 0 spiro atoms. The maximum Gasteiger partial charge on any atom is 0.147 e. The Morgan fingerprint density at radius 3 is 2.73 bits per heavy atom. The van der Waals surface area contributed by atoms with Crippen molar-refractivity contribution in [2.24, 2.45) is 0 Å². The monoisotopic (exact) mass is 228 g/mol. The van der Waals surface area contributed by atoms with Gasteiger partial charge in [0, 0.05) is 35.9 Å². The minimum atomic E-state index is -0.803. The molecule has 0 bridgehead atoms. The summed E-state index contributed by atoms with van der Waals surface area (Å²) in [6.07, 6.45) is 4.98. The molecule has 0 amide bonds. The first-order valence-electron chi connectivity index (χ1n) is 4.68. The summed E-state index contributed by atoms with van der Waals surface area (Å²) in [6.45, 7) is 1.97. The molecule has 1 heterocycles. The standard InChI is InChI=1S/C9H16N4OS/c1-7(6-15(3)14)12-9-5-11-4-8(10-2)13-9/h4-5,7H,6H2,1-3H3,(H2,10,12,13). The van der Waals surface area contributed by atoms with Gasteiger partial charge in [0.05, 0.1) is 12.4 Å². The van der Waals surface area contributed by atoms with Crippen LogP contribution < -0.4 is 10.6 Å². The summed E-state index contributed by atoms with van der Waals surface area (Å²) >= 11 is 0. The molecule has 0 aliphatic heterocycles. The molecule has 0 radical (unpaired) electrons. The van der Waals surface area contributed by atoms with Crippen LogP contribution in [0.4, 0.5) is 11.6 Å². The molecule has 84 valence electrons. The number of nitrogens with zero attached hydrogens (tertiary/aromatic N) is 2. The fraction of sp³-hybridized carbons (Fsp3) is 0.556. The highest BCUT2D eigenvalue weighted by molar-refractivity contribution is 7.84. The molecule has 1 aromatic heterocycles. The van der Waals surface area contributed by atoms with Crippen LogP contribution in [0.1, 0.15) is 6.92 Å². The van der Waals surface area contributed by atoms with E-state index >= 15 is 0 Å². The summed E-state index contributed by atoms with van der Waals surface area (Å²) < 4.78 is 11.0. The summed E-state index contributed by atoms with van der Waals surface area (Å²) in [6, 6.07) is 0.122. The van der Waals surface area contributed by atoms with Gasteiger partial charge in [0.2, 0.25) is 0 Å². The molecule has 0 aliphatic rings. The Labute approximate surface area is 92.2 Å². The SMILES string of the molecule is CNc1cncc(NC(C)CS(C)=O)n1. The van der Waals surface area contributed by atoms with Crippen molar-refractivity contribution < 1.29 is 4.21 Å². The number of hydrogen-bond donors (Lipinski definition) is 2. The number of anilines is 2. The van der Waals surface area contributed by atoms with Gasteiger partial charge in [0.25, 0.3) is 0 Å². The Morgan fingerprint density at radius 1 is 1.47 bits per heavy atom. The zero-order valence-electron chi connectivity index (χ0n) is 9.15. The van der Waals surface area contributed by atoms with Crippen molar-refractivity contribution in [2.75, 3.05) is 29.7 Å². The van der Waals surface area contributed by atoms with E-state index in [0.29, 0.717) is 17.4 Å². The lowest BCUT2D eigenvalue weighted by Gasteiger charge is -2.12. The highest BCUT2D eigenvalue weighted by atomic mass is 32.2. The maximum atomic E-state index is 11.0. The van der Waals surface area contributed by atoms with E-state index in [9.17, 15) is 4.21 Å². The van der Waals surface area contributed by atoms with Crippen molar-refractivity contribution in [2.45, 2.75) is 13.0 Å². The van der Waals surface area contributed by atoms with Crippen molar-refractivity contribution in [3.05, 3.63) is 12.4 Å². The van der Waals surface area contributed by atoms with Gasteiger partial charge in [-0.15, -0.1) is 0 Å². The molecule has 0 fully saturated rings. The normalized spacial score (nSPS) is 14.3. The molecular weight excluding hydrogens is 212 g/mol. The van der Waals surface area contributed by atoms with E-state index in [1.807, 2.05) is 6.92 Å². The summed E-state index contributed by atoms with van der Waals surface area (Å²) in [4.78, 5) is 8.28. The van der Waals surface area contributed by atoms with Crippen LogP contribution in [0.3, 0.4) is 0 Å². The van der Waals surface area contributed by atoms with Crippen LogP contribution in [-0.2, 0) is 10.8 Å². The lowest BCUT2D eigenvalue weighted by molar-refractivity contribution is 0.683. The minimum Gasteiger partial charge on any atom is -0.372 e. The molecule has 0 aromatic carbocycles. The third-order valence-electron chi connectivity index (χ3n) is 1.77. The van der Waals surface area contributed by atoms with Crippen molar-refractivity contribution in [1.29, 1.82) is 0 Å². The van der Waals surface area contributed by atoms with Crippen LogP contribution in [0.2, 0.25) is 0 Å². The second kappa shape index (κ2) is 5.65. The van der Waals surface area contributed by atoms with Crippen LogP contribution >= 0.6 is 0 Å². The molecule has 0 saturated carbocycles. The molecule has 0 aliphatic carbocycles. The highest BCUT2D eigenvalue weighted by Gasteiger charge is 2.05. The average molecular weight is 228 g/mol.